The van der Waals surface area contributed by atoms with E-state index in [1.165, 1.54) is 0 Å². The quantitative estimate of drug-likeness (QED) is 0.644. The van der Waals surface area contributed by atoms with Gasteiger partial charge in [-0.3, -0.25) is 4.79 Å². The minimum absolute atomic E-state index is 0.107. The summed E-state index contributed by atoms with van der Waals surface area (Å²) in [7, 11) is 4.72. The molecule has 4 nitrogen and oxygen atoms in total. The first-order valence-corrected chi connectivity index (χ1v) is 4.93. The summed E-state index contributed by atoms with van der Waals surface area (Å²) in [6, 6.07) is 0. The van der Waals surface area contributed by atoms with E-state index in [-0.39, 0.29) is 11.7 Å². The molecule has 0 saturated heterocycles. The molecular weight excluding hydrogens is 196 g/mol. The van der Waals surface area contributed by atoms with Crippen molar-refractivity contribution in [2.75, 3.05) is 27.9 Å². The van der Waals surface area contributed by atoms with Crippen LogP contribution in [-0.4, -0.2) is 40.0 Å². The van der Waals surface area contributed by atoms with Crippen molar-refractivity contribution < 1.29 is 19.0 Å². The number of rotatable bonds is 5. The van der Waals surface area contributed by atoms with Crippen molar-refractivity contribution in [3.8, 4) is 0 Å². The molecule has 1 aliphatic carbocycles. The van der Waals surface area contributed by atoms with Gasteiger partial charge < -0.3 is 14.2 Å². The lowest BCUT2D eigenvalue weighted by Crippen LogP contribution is -2.29. The molecule has 0 fully saturated rings. The van der Waals surface area contributed by atoms with E-state index in [1.807, 2.05) is 6.92 Å². The second kappa shape index (κ2) is 5.39. The van der Waals surface area contributed by atoms with Crippen molar-refractivity contribution in [2.24, 2.45) is 5.92 Å². The van der Waals surface area contributed by atoms with E-state index in [0.717, 1.165) is 11.1 Å². The minimum atomic E-state index is -0.457. The average Bonchev–Trinajstić information content (AvgIpc) is 2.50. The highest BCUT2D eigenvalue weighted by Gasteiger charge is 2.36. The van der Waals surface area contributed by atoms with E-state index in [0.29, 0.717) is 13.0 Å². The Hall–Kier alpha value is -0.710. The zero-order chi connectivity index (χ0) is 11.4. The summed E-state index contributed by atoms with van der Waals surface area (Å²) in [4.78, 5) is 11.9. The summed E-state index contributed by atoms with van der Waals surface area (Å²) >= 11 is 0. The number of methoxy groups -OCH3 is 3. The minimum Gasteiger partial charge on any atom is -0.380 e. The Bertz CT molecular complexity index is 266. The lowest BCUT2D eigenvalue weighted by molar-refractivity contribution is -0.151. The number of allylic oxidation sites excluding steroid dienone is 1. The maximum atomic E-state index is 11.9. The normalized spacial score (nSPS) is 21.9. The monoisotopic (exact) mass is 214 g/mol. The van der Waals surface area contributed by atoms with E-state index >= 15 is 0 Å². The number of ether oxygens (including phenoxy) is 3. The highest BCUT2D eigenvalue weighted by Crippen LogP contribution is 2.31. The van der Waals surface area contributed by atoms with Crippen molar-refractivity contribution in [3.05, 3.63) is 11.1 Å². The van der Waals surface area contributed by atoms with Crippen molar-refractivity contribution in [3.63, 3.8) is 0 Å². The summed E-state index contributed by atoms with van der Waals surface area (Å²) in [5.74, 6) is -0.110. The van der Waals surface area contributed by atoms with Crippen LogP contribution in [0, 0.1) is 5.92 Å². The molecule has 0 aromatic rings. The smallest absolute Gasteiger partial charge is 0.167 e. The molecule has 0 heterocycles. The molecule has 0 spiro atoms. The van der Waals surface area contributed by atoms with Crippen LogP contribution < -0.4 is 0 Å². The first kappa shape index (κ1) is 12.4. The Balaban J connectivity index is 2.73. The number of ketones is 1. The van der Waals surface area contributed by atoms with Gasteiger partial charge in [0.2, 0.25) is 0 Å². The van der Waals surface area contributed by atoms with Crippen molar-refractivity contribution in [1.82, 2.24) is 0 Å². The molecule has 0 N–H and O–H groups in total. The van der Waals surface area contributed by atoms with Gasteiger partial charge in [0.15, 0.2) is 12.1 Å². The molecular formula is C11H18O4. The third-order valence-electron chi connectivity index (χ3n) is 2.81. The summed E-state index contributed by atoms with van der Waals surface area (Å²) < 4.78 is 15.3. The Morgan fingerprint density at radius 3 is 2.40 bits per heavy atom. The van der Waals surface area contributed by atoms with Crippen LogP contribution >= 0.6 is 0 Å². The highest BCUT2D eigenvalue weighted by molar-refractivity contribution is 6.00. The van der Waals surface area contributed by atoms with Crippen LogP contribution in [0.2, 0.25) is 0 Å². The fourth-order valence-electron chi connectivity index (χ4n) is 1.95. The van der Waals surface area contributed by atoms with Gasteiger partial charge in [0.25, 0.3) is 0 Å². The van der Waals surface area contributed by atoms with Gasteiger partial charge in [-0.05, 0) is 24.5 Å². The molecule has 0 radical (unpaired) electrons. The molecule has 1 rings (SSSR count). The van der Waals surface area contributed by atoms with Crippen LogP contribution in [0.1, 0.15) is 13.3 Å². The van der Waals surface area contributed by atoms with Crippen LogP contribution in [0.3, 0.4) is 0 Å². The maximum absolute atomic E-state index is 11.9. The van der Waals surface area contributed by atoms with E-state index in [9.17, 15) is 4.79 Å². The van der Waals surface area contributed by atoms with Crippen molar-refractivity contribution in [2.45, 2.75) is 19.6 Å². The van der Waals surface area contributed by atoms with Gasteiger partial charge in [0, 0.05) is 21.3 Å². The Kier molecular flexibility index (Phi) is 4.45. The Morgan fingerprint density at radius 1 is 1.33 bits per heavy atom. The fourth-order valence-corrected chi connectivity index (χ4v) is 1.95. The van der Waals surface area contributed by atoms with Gasteiger partial charge in [-0.2, -0.15) is 0 Å². The molecule has 0 unspecified atom stereocenters. The summed E-state index contributed by atoms with van der Waals surface area (Å²) in [5.41, 5.74) is 1.84. The van der Waals surface area contributed by atoms with Gasteiger partial charge in [0.05, 0.1) is 12.5 Å². The van der Waals surface area contributed by atoms with Gasteiger partial charge in [-0.1, -0.05) is 0 Å². The third kappa shape index (κ3) is 2.45. The topological polar surface area (TPSA) is 44.8 Å². The lowest BCUT2D eigenvalue weighted by Gasteiger charge is -2.19. The zero-order valence-electron chi connectivity index (χ0n) is 9.70. The van der Waals surface area contributed by atoms with E-state index in [4.69, 9.17) is 14.2 Å². The molecule has 0 amide bonds. The van der Waals surface area contributed by atoms with E-state index < -0.39 is 6.29 Å². The second-order valence-electron chi connectivity index (χ2n) is 3.68. The molecule has 0 aliphatic heterocycles. The molecule has 0 aromatic heterocycles. The molecule has 0 saturated carbocycles. The predicted octanol–water partition coefficient (Wildman–Crippen LogP) is 1.16. The van der Waals surface area contributed by atoms with Crippen LogP contribution in [0.4, 0.5) is 0 Å². The van der Waals surface area contributed by atoms with Gasteiger partial charge in [0.1, 0.15) is 0 Å². The Labute approximate surface area is 90.2 Å². The summed E-state index contributed by atoms with van der Waals surface area (Å²) in [6.07, 6.45) is 0.215. The molecule has 0 aromatic carbocycles. The number of Topliss-reactive ketones (excluding diaryl/α,β-unsaturated/α-hetero) is 1. The van der Waals surface area contributed by atoms with Gasteiger partial charge in [-0.25, -0.2) is 0 Å². The maximum Gasteiger partial charge on any atom is 0.167 e. The standard InChI is InChI=1S/C11H18O4/c1-7-8(6-13-2)5-9(10(7)12)11(14-3)15-4/h9,11H,5-6H2,1-4H3/t9-/m0/s1. The zero-order valence-corrected chi connectivity index (χ0v) is 9.70. The molecule has 1 atom stereocenters. The highest BCUT2D eigenvalue weighted by atomic mass is 16.7. The lowest BCUT2D eigenvalue weighted by atomic mass is 10.0. The first-order chi connectivity index (χ1) is 7.15. The second-order valence-corrected chi connectivity index (χ2v) is 3.68. The molecule has 4 heteroatoms. The third-order valence-corrected chi connectivity index (χ3v) is 2.81. The molecule has 15 heavy (non-hydrogen) atoms. The first-order valence-electron chi connectivity index (χ1n) is 4.93. The molecule has 86 valence electrons. The Morgan fingerprint density at radius 2 is 1.93 bits per heavy atom. The average molecular weight is 214 g/mol. The van der Waals surface area contributed by atoms with Crippen LogP contribution in [-0.2, 0) is 19.0 Å². The van der Waals surface area contributed by atoms with E-state index in [1.54, 1.807) is 21.3 Å². The van der Waals surface area contributed by atoms with Gasteiger partial charge >= 0.3 is 0 Å². The van der Waals surface area contributed by atoms with Crippen molar-refractivity contribution in [1.29, 1.82) is 0 Å². The SMILES string of the molecule is COCC1=C(C)C(=O)[C@@H](C(OC)OC)C1. The van der Waals surface area contributed by atoms with Crippen LogP contribution in [0.25, 0.3) is 0 Å². The molecule has 1 aliphatic rings. The number of carbonyl (C=O) groups is 1. The fraction of sp³-hybridized carbons (Fsp3) is 0.727. The number of hydrogen-bond donors (Lipinski definition) is 0. The number of carbonyl (C=O) groups excluding carboxylic acids is 1. The predicted molar refractivity (Wildman–Crippen MR) is 55.5 cm³/mol. The largest absolute Gasteiger partial charge is 0.380 e. The summed E-state index contributed by atoms with van der Waals surface area (Å²) in [5, 5.41) is 0. The number of hydrogen-bond acceptors (Lipinski definition) is 4. The van der Waals surface area contributed by atoms with Crippen LogP contribution in [0.15, 0.2) is 11.1 Å². The van der Waals surface area contributed by atoms with Crippen molar-refractivity contribution >= 4 is 5.78 Å². The molecule has 0 bridgehead atoms. The van der Waals surface area contributed by atoms with Gasteiger partial charge in [-0.15, -0.1) is 0 Å². The summed E-state index contributed by atoms with van der Waals surface area (Å²) in [6.45, 7) is 2.34. The van der Waals surface area contributed by atoms with Crippen LogP contribution in [0.5, 0.6) is 0 Å². The van der Waals surface area contributed by atoms with E-state index in [2.05, 4.69) is 0 Å².